The summed E-state index contributed by atoms with van der Waals surface area (Å²) in [6, 6.07) is 12.0. The lowest BCUT2D eigenvalue weighted by atomic mass is 10.1. The van der Waals surface area contributed by atoms with Gasteiger partial charge in [0.1, 0.15) is 13.2 Å². The largest absolute Gasteiger partial charge is 0.486 e. The summed E-state index contributed by atoms with van der Waals surface area (Å²) in [6.45, 7) is 0.962. The highest BCUT2D eigenvalue weighted by atomic mass is 32.1. The molecule has 4 rings (SSSR count). The van der Waals surface area contributed by atoms with Gasteiger partial charge in [0.15, 0.2) is 16.6 Å². The van der Waals surface area contributed by atoms with Crippen molar-refractivity contribution in [2.45, 2.75) is 0 Å². The molecule has 0 fully saturated rings. The van der Waals surface area contributed by atoms with Crippen LogP contribution in [0, 0.1) is 0 Å². The van der Waals surface area contributed by atoms with Gasteiger partial charge in [0.05, 0.1) is 18.4 Å². The van der Waals surface area contributed by atoms with E-state index in [1.165, 1.54) is 18.4 Å². The predicted octanol–water partition coefficient (Wildman–Crippen LogP) is 3.62. The Bertz CT molecular complexity index is 1030. The maximum atomic E-state index is 12.5. The van der Waals surface area contributed by atoms with Crippen molar-refractivity contribution < 1.29 is 23.8 Å². The van der Waals surface area contributed by atoms with Crippen molar-refractivity contribution in [3.8, 4) is 22.8 Å². The Morgan fingerprint density at radius 3 is 2.50 bits per heavy atom. The number of amides is 1. The number of fused-ring (bicyclic) bond motifs is 1. The first-order chi connectivity index (χ1) is 13.6. The van der Waals surface area contributed by atoms with E-state index in [0.29, 0.717) is 46.7 Å². The molecule has 1 N–H and O–H groups in total. The summed E-state index contributed by atoms with van der Waals surface area (Å²) in [4.78, 5) is 28.5. The summed E-state index contributed by atoms with van der Waals surface area (Å²) in [7, 11) is 1.34. The number of hydrogen-bond acceptors (Lipinski definition) is 7. The molecule has 2 aromatic carbocycles. The van der Waals surface area contributed by atoms with Crippen LogP contribution in [0.15, 0.2) is 47.8 Å². The molecule has 0 saturated heterocycles. The summed E-state index contributed by atoms with van der Waals surface area (Å²) in [5, 5.41) is 5.11. The second-order valence-corrected chi connectivity index (χ2v) is 6.78. The Balaban J connectivity index is 1.47. The Hall–Kier alpha value is -3.39. The van der Waals surface area contributed by atoms with Crippen LogP contribution in [0.3, 0.4) is 0 Å². The number of esters is 1. The molecule has 2 heterocycles. The van der Waals surface area contributed by atoms with E-state index in [4.69, 9.17) is 9.47 Å². The molecule has 3 aromatic rings. The second-order valence-electron chi connectivity index (χ2n) is 5.92. The molecule has 1 aromatic heterocycles. The predicted molar refractivity (Wildman–Crippen MR) is 104 cm³/mol. The van der Waals surface area contributed by atoms with Gasteiger partial charge in [-0.25, -0.2) is 9.78 Å². The van der Waals surface area contributed by atoms with E-state index in [-0.39, 0.29) is 5.91 Å². The minimum absolute atomic E-state index is 0.279. The molecule has 8 heteroatoms. The quantitative estimate of drug-likeness (QED) is 0.678. The van der Waals surface area contributed by atoms with E-state index in [1.807, 2.05) is 5.38 Å². The number of methoxy groups -OCH3 is 1. The number of nitrogens with one attached hydrogen (secondary N) is 1. The Kier molecular flexibility index (Phi) is 4.94. The molecule has 0 radical (unpaired) electrons. The molecular formula is C20H16N2O5S. The van der Waals surface area contributed by atoms with Crippen molar-refractivity contribution in [3.63, 3.8) is 0 Å². The van der Waals surface area contributed by atoms with Gasteiger partial charge in [-0.15, -0.1) is 11.3 Å². The zero-order chi connectivity index (χ0) is 19.5. The fourth-order valence-electron chi connectivity index (χ4n) is 2.71. The Morgan fingerprint density at radius 2 is 1.75 bits per heavy atom. The third-order valence-electron chi connectivity index (χ3n) is 4.13. The van der Waals surface area contributed by atoms with Gasteiger partial charge < -0.3 is 14.2 Å². The van der Waals surface area contributed by atoms with Crippen molar-refractivity contribution in [2.75, 3.05) is 25.6 Å². The van der Waals surface area contributed by atoms with E-state index >= 15 is 0 Å². The third kappa shape index (κ3) is 3.67. The molecule has 1 aliphatic rings. The van der Waals surface area contributed by atoms with E-state index < -0.39 is 5.97 Å². The number of nitrogens with zero attached hydrogens (tertiary/aromatic N) is 1. The van der Waals surface area contributed by atoms with Crippen molar-refractivity contribution in [1.29, 1.82) is 0 Å². The van der Waals surface area contributed by atoms with Crippen LogP contribution >= 0.6 is 11.3 Å². The molecule has 7 nitrogen and oxygen atoms in total. The lowest BCUT2D eigenvalue weighted by Crippen LogP contribution is -2.17. The van der Waals surface area contributed by atoms with Gasteiger partial charge in [0.2, 0.25) is 0 Å². The number of carbonyl (C=O) groups excluding carboxylic acids is 2. The van der Waals surface area contributed by atoms with Crippen LogP contribution in [0.4, 0.5) is 5.13 Å². The summed E-state index contributed by atoms with van der Waals surface area (Å²) < 4.78 is 15.7. The molecule has 28 heavy (non-hydrogen) atoms. The molecule has 1 amide bonds. The van der Waals surface area contributed by atoms with Gasteiger partial charge in [-0.3, -0.25) is 10.1 Å². The maximum absolute atomic E-state index is 12.5. The van der Waals surface area contributed by atoms with Crippen molar-refractivity contribution in [1.82, 2.24) is 4.98 Å². The number of aromatic nitrogens is 1. The first-order valence-corrected chi connectivity index (χ1v) is 9.37. The number of ether oxygens (including phenoxy) is 3. The SMILES string of the molecule is COC(=O)c1ccc(-c2csc(NC(=O)c3ccc4c(c3)OCCO4)n2)cc1. The monoisotopic (exact) mass is 396 g/mol. The van der Waals surface area contributed by atoms with Crippen molar-refractivity contribution >= 4 is 28.3 Å². The summed E-state index contributed by atoms with van der Waals surface area (Å²) >= 11 is 1.32. The highest BCUT2D eigenvalue weighted by Crippen LogP contribution is 2.31. The third-order valence-corrected chi connectivity index (χ3v) is 4.89. The van der Waals surface area contributed by atoms with Crippen LogP contribution in [0.1, 0.15) is 20.7 Å². The van der Waals surface area contributed by atoms with Gasteiger partial charge in [0.25, 0.3) is 5.91 Å². The van der Waals surface area contributed by atoms with Crippen LogP contribution in [-0.2, 0) is 4.74 Å². The second kappa shape index (κ2) is 7.69. The number of carbonyl (C=O) groups is 2. The van der Waals surface area contributed by atoms with Crippen LogP contribution in [-0.4, -0.2) is 37.2 Å². The fraction of sp³-hybridized carbons (Fsp3) is 0.150. The number of hydrogen-bond donors (Lipinski definition) is 1. The Labute approximate surface area is 164 Å². The zero-order valence-corrected chi connectivity index (χ0v) is 15.7. The maximum Gasteiger partial charge on any atom is 0.337 e. The van der Waals surface area contributed by atoms with Crippen LogP contribution < -0.4 is 14.8 Å². The minimum Gasteiger partial charge on any atom is -0.486 e. The number of anilines is 1. The Morgan fingerprint density at radius 1 is 1.04 bits per heavy atom. The molecule has 0 bridgehead atoms. The number of rotatable bonds is 4. The molecule has 0 unspecified atom stereocenters. The minimum atomic E-state index is -0.391. The van der Waals surface area contributed by atoms with Crippen molar-refractivity contribution in [3.05, 3.63) is 59.0 Å². The molecule has 0 spiro atoms. The molecular weight excluding hydrogens is 380 g/mol. The van der Waals surface area contributed by atoms with E-state index in [1.54, 1.807) is 42.5 Å². The van der Waals surface area contributed by atoms with E-state index in [2.05, 4.69) is 15.0 Å². The van der Waals surface area contributed by atoms with Gasteiger partial charge in [-0.2, -0.15) is 0 Å². The smallest absolute Gasteiger partial charge is 0.337 e. The van der Waals surface area contributed by atoms with E-state index in [9.17, 15) is 9.59 Å². The average molecular weight is 396 g/mol. The molecule has 1 aliphatic heterocycles. The van der Waals surface area contributed by atoms with Crippen LogP contribution in [0.2, 0.25) is 0 Å². The number of benzene rings is 2. The molecule has 0 atom stereocenters. The summed E-state index contributed by atoms with van der Waals surface area (Å²) in [5.74, 6) is 0.523. The lowest BCUT2D eigenvalue weighted by Gasteiger charge is -2.18. The van der Waals surface area contributed by atoms with E-state index in [0.717, 1.165) is 5.56 Å². The van der Waals surface area contributed by atoms with Gasteiger partial charge in [-0.05, 0) is 30.3 Å². The highest BCUT2D eigenvalue weighted by molar-refractivity contribution is 7.14. The van der Waals surface area contributed by atoms with Crippen molar-refractivity contribution in [2.24, 2.45) is 0 Å². The topological polar surface area (TPSA) is 86.8 Å². The first-order valence-electron chi connectivity index (χ1n) is 8.49. The van der Waals surface area contributed by atoms with Gasteiger partial charge in [0, 0.05) is 16.5 Å². The standard InChI is InChI=1S/C20H16N2O5S/c1-25-19(24)13-4-2-12(3-5-13)15-11-28-20(21-15)22-18(23)14-6-7-16-17(10-14)27-9-8-26-16/h2-7,10-11H,8-9H2,1H3,(H,21,22,23). The number of thiazole rings is 1. The molecule has 0 aliphatic carbocycles. The lowest BCUT2D eigenvalue weighted by molar-refractivity contribution is 0.0600. The van der Waals surface area contributed by atoms with Gasteiger partial charge in [-0.1, -0.05) is 12.1 Å². The first kappa shape index (κ1) is 18.0. The van der Waals surface area contributed by atoms with Gasteiger partial charge >= 0.3 is 5.97 Å². The van der Waals surface area contributed by atoms with Crippen LogP contribution in [0.25, 0.3) is 11.3 Å². The normalized spacial score (nSPS) is 12.3. The summed E-state index contributed by atoms with van der Waals surface area (Å²) in [5.41, 5.74) is 2.47. The average Bonchev–Trinajstić information content (AvgIpc) is 3.21. The highest BCUT2D eigenvalue weighted by Gasteiger charge is 2.16. The molecule has 0 saturated carbocycles. The fourth-order valence-corrected chi connectivity index (χ4v) is 3.43. The summed E-state index contributed by atoms with van der Waals surface area (Å²) in [6.07, 6.45) is 0. The molecule has 142 valence electrons. The van der Waals surface area contributed by atoms with Crippen LogP contribution in [0.5, 0.6) is 11.5 Å². The zero-order valence-electron chi connectivity index (χ0n) is 14.9.